The molecule has 0 aliphatic carbocycles. The van der Waals surface area contributed by atoms with E-state index in [2.05, 4.69) is 27.6 Å². The lowest BCUT2D eigenvalue weighted by Gasteiger charge is -2.27. The summed E-state index contributed by atoms with van der Waals surface area (Å²) in [6.07, 6.45) is 9.63. The van der Waals surface area contributed by atoms with Crippen LogP contribution in [0.4, 0.5) is 0 Å². The predicted molar refractivity (Wildman–Crippen MR) is 101 cm³/mol. The van der Waals surface area contributed by atoms with Gasteiger partial charge in [-0.2, -0.15) is 0 Å². The first-order chi connectivity index (χ1) is 11.6. The number of H-pyrrole nitrogens is 1. The monoisotopic (exact) mass is 322 g/mol. The molecule has 0 unspecified atom stereocenters. The van der Waals surface area contributed by atoms with Gasteiger partial charge in [0.2, 0.25) is 0 Å². The van der Waals surface area contributed by atoms with E-state index in [9.17, 15) is 4.79 Å². The van der Waals surface area contributed by atoms with Crippen LogP contribution in [0.2, 0.25) is 12.6 Å². The molecule has 0 spiro atoms. The molecule has 2 aromatic heterocycles. The number of hydrogen-bond acceptors (Lipinski definition) is 3. The third-order valence-corrected chi connectivity index (χ3v) is 4.80. The fourth-order valence-electron chi connectivity index (χ4n) is 3.65. The lowest BCUT2D eigenvalue weighted by atomic mass is 9.37. The highest BCUT2D eigenvalue weighted by Crippen LogP contribution is 2.32. The normalized spacial score (nSPS) is 17.1. The van der Waals surface area contributed by atoms with Crippen molar-refractivity contribution >= 4 is 24.1 Å². The Morgan fingerprint density at radius 3 is 2.96 bits per heavy atom. The maximum Gasteiger partial charge on any atom is 0.327 e. The van der Waals surface area contributed by atoms with Gasteiger partial charge >= 0.3 is 5.69 Å². The molecular weight excluding hydrogens is 299 g/mol. The van der Waals surface area contributed by atoms with Crippen molar-refractivity contribution in [3.8, 4) is 0 Å². The van der Waals surface area contributed by atoms with E-state index in [4.69, 9.17) is 0 Å². The molecule has 3 heterocycles. The van der Waals surface area contributed by atoms with Gasteiger partial charge in [-0.05, 0) is 44.9 Å². The Hall–Kier alpha value is -2.37. The summed E-state index contributed by atoms with van der Waals surface area (Å²) in [7, 11) is 0. The Labute approximate surface area is 142 Å². The van der Waals surface area contributed by atoms with E-state index in [1.807, 2.05) is 30.5 Å². The smallest absolute Gasteiger partial charge is 0.290 e. The van der Waals surface area contributed by atoms with E-state index < -0.39 is 0 Å². The second-order valence-corrected chi connectivity index (χ2v) is 6.42. The fourth-order valence-corrected chi connectivity index (χ4v) is 3.65. The van der Waals surface area contributed by atoms with Gasteiger partial charge in [0.15, 0.2) is 12.4 Å². The quantitative estimate of drug-likeness (QED) is 0.530. The number of pyridine rings is 1. The number of hydrogen-bond donors (Lipinski definition) is 1. The van der Waals surface area contributed by atoms with Crippen LogP contribution in [0.15, 0.2) is 51.9 Å². The lowest BCUT2D eigenvalue weighted by Crippen LogP contribution is -2.29. The number of rotatable bonds is 4. The highest BCUT2D eigenvalue weighted by Gasteiger charge is 2.28. The average molecular weight is 322 g/mol. The zero-order valence-corrected chi connectivity index (χ0v) is 14.3. The zero-order valence-electron chi connectivity index (χ0n) is 14.3. The molecule has 0 amide bonds. The summed E-state index contributed by atoms with van der Waals surface area (Å²) >= 11 is 0. The second kappa shape index (κ2) is 7.03. The first-order valence-electron chi connectivity index (χ1n) is 8.51. The summed E-state index contributed by atoms with van der Waals surface area (Å²) in [6, 6.07) is 4.07. The van der Waals surface area contributed by atoms with Gasteiger partial charge in [0.25, 0.3) is 0 Å². The first-order valence-corrected chi connectivity index (χ1v) is 8.51. The third kappa shape index (κ3) is 3.27. The molecule has 0 radical (unpaired) electrons. The number of imidazole rings is 1. The van der Waals surface area contributed by atoms with E-state index >= 15 is 0 Å². The van der Waals surface area contributed by atoms with Crippen LogP contribution in [0.1, 0.15) is 32.7 Å². The van der Waals surface area contributed by atoms with Crippen LogP contribution < -0.4 is 5.69 Å². The lowest BCUT2D eigenvalue weighted by molar-refractivity contribution is 0.454. The van der Waals surface area contributed by atoms with Gasteiger partial charge in [-0.1, -0.05) is 18.1 Å². The van der Waals surface area contributed by atoms with E-state index in [0.29, 0.717) is 12.4 Å². The summed E-state index contributed by atoms with van der Waals surface area (Å²) in [6.45, 7) is 8.61. The van der Waals surface area contributed by atoms with Crippen LogP contribution in [0.3, 0.4) is 0 Å². The Morgan fingerprint density at radius 2 is 2.25 bits per heavy atom. The highest BCUT2D eigenvalue weighted by molar-refractivity contribution is 6.67. The van der Waals surface area contributed by atoms with Crippen LogP contribution in [-0.4, -0.2) is 27.5 Å². The first kappa shape index (κ1) is 16.5. The average Bonchev–Trinajstić information content (AvgIpc) is 2.91. The van der Waals surface area contributed by atoms with E-state index in [1.54, 1.807) is 12.4 Å². The minimum atomic E-state index is -0.0565. The van der Waals surface area contributed by atoms with Gasteiger partial charge in [-0.15, -0.1) is 6.58 Å². The molecule has 2 aromatic rings. The van der Waals surface area contributed by atoms with Crippen molar-refractivity contribution in [2.75, 3.05) is 0 Å². The molecule has 0 saturated carbocycles. The number of allylic oxidation sites excluding steroid dienone is 3. The summed E-state index contributed by atoms with van der Waals surface area (Å²) in [5.41, 5.74) is 3.65. The molecule has 0 atom stereocenters. The fraction of sp³-hybridized carbons (Fsp3) is 0.389. The molecule has 3 rings (SSSR count). The SMILES string of the molecule is C=C(/C=C(/C)N=CC)B1CCC(n2c(=O)[nH]c3ncccc32)CC1. The minimum Gasteiger partial charge on any atom is -0.290 e. The summed E-state index contributed by atoms with van der Waals surface area (Å²) in [5.74, 6) is 0. The molecule has 0 aromatic carbocycles. The molecule has 1 fully saturated rings. The van der Waals surface area contributed by atoms with Gasteiger partial charge in [0.05, 0.1) is 5.52 Å². The van der Waals surface area contributed by atoms with Gasteiger partial charge < -0.3 is 0 Å². The summed E-state index contributed by atoms with van der Waals surface area (Å²) < 4.78 is 1.88. The number of nitrogens with one attached hydrogen (secondary N) is 1. The minimum absolute atomic E-state index is 0.0565. The summed E-state index contributed by atoms with van der Waals surface area (Å²) in [4.78, 5) is 23.7. The second-order valence-electron chi connectivity index (χ2n) is 6.42. The predicted octanol–water partition coefficient (Wildman–Crippen LogP) is 3.64. The maximum absolute atomic E-state index is 12.3. The molecule has 1 aliphatic heterocycles. The van der Waals surface area contributed by atoms with Crippen molar-refractivity contribution in [2.24, 2.45) is 4.99 Å². The van der Waals surface area contributed by atoms with E-state index in [-0.39, 0.29) is 11.7 Å². The van der Waals surface area contributed by atoms with E-state index in [1.165, 1.54) is 0 Å². The number of aromatic amines is 1. The summed E-state index contributed by atoms with van der Waals surface area (Å²) in [5, 5.41) is 0. The van der Waals surface area contributed by atoms with Crippen LogP contribution in [-0.2, 0) is 0 Å². The van der Waals surface area contributed by atoms with Crippen molar-refractivity contribution in [2.45, 2.75) is 45.4 Å². The number of fused-ring (bicyclic) bond motifs is 1. The van der Waals surface area contributed by atoms with Crippen molar-refractivity contribution < 1.29 is 0 Å². The maximum atomic E-state index is 12.3. The molecule has 24 heavy (non-hydrogen) atoms. The van der Waals surface area contributed by atoms with Crippen molar-refractivity contribution in [1.29, 1.82) is 0 Å². The van der Waals surface area contributed by atoms with Crippen LogP contribution in [0, 0.1) is 0 Å². The van der Waals surface area contributed by atoms with Crippen LogP contribution in [0.5, 0.6) is 0 Å². The molecule has 1 aliphatic rings. The van der Waals surface area contributed by atoms with Crippen molar-refractivity contribution in [3.63, 3.8) is 0 Å². The van der Waals surface area contributed by atoms with Gasteiger partial charge in [-0.25, -0.2) is 9.78 Å². The number of nitrogens with zero attached hydrogens (tertiary/aromatic N) is 3. The van der Waals surface area contributed by atoms with Gasteiger partial charge in [0.1, 0.15) is 0 Å². The molecular formula is C18H23BN4O. The molecule has 1 N–H and O–H groups in total. The van der Waals surface area contributed by atoms with Crippen molar-refractivity contribution in [1.82, 2.24) is 14.5 Å². The Kier molecular flexibility index (Phi) is 4.83. The molecule has 124 valence electrons. The Bertz CT molecular complexity index is 853. The largest absolute Gasteiger partial charge is 0.327 e. The third-order valence-electron chi connectivity index (χ3n) is 4.80. The van der Waals surface area contributed by atoms with Crippen LogP contribution in [0.25, 0.3) is 11.2 Å². The molecule has 6 heteroatoms. The van der Waals surface area contributed by atoms with Gasteiger partial charge in [0, 0.05) is 24.2 Å². The van der Waals surface area contributed by atoms with Crippen molar-refractivity contribution in [3.05, 3.63) is 52.6 Å². The van der Waals surface area contributed by atoms with Crippen LogP contribution >= 0.6 is 0 Å². The Morgan fingerprint density at radius 1 is 1.50 bits per heavy atom. The number of aromatic nitrogens is 3. The zero-order chi connectivity index (χ0) is 17.1. The topological polar surface area (TPSA) is 63.0 Å². The molecule has 1 saturated heterocycles. The van der Waals surface area contributed by atoms with E-state index in [0.717, 1.165) is 42.2 Å². The standard InChI is InChI=1S/C18H23BN4O/c1-4-20-14(3)12-13(2)19-9-7-15(8-10-19)23-16-6-5-11-21-17(16)22-18(23)24/h4-6,11-12,15H,2,7-10H2,1,3H3,(H,21,22,24)/b14-12-,20-4?. The van der Waals surface area contributed by atoms with Gasteiger partial charge in [-0.3, -0.25) is 14.5 Å². The molecule has 5 nitrogen and oxygen atoms in total. The Balaban J connectivity index is 1.73. The highest BCUT2D eigenvalue weighted by atomic mass is 16.1. The molecule has 0 bridgehead atoms. The number of aliphatic imine (C=N–C) groups is 1.